The largest absolute Gasteiger partial charge is 0.353 e. The number of halogens is 2. The summed E-state index contributed by atoms with van der Waals surface area (Å²) < 4.78 is 14.0. The average molecular weight is 345 g/mol. The second-order valence-corrected chi connectivity index (χ2v) is 6.11. The molecule has 3 heterocycles. The van der Waals surface area contributed by atoms with Crippen LogP contribution in [0.5, 0.6) is 0 Å². The van der Waals surface area contributed by atoms with E-state index in [4.69, 9.17) is 17.3 Å². The van der Waals surface area contributed by atoms with Gasteiger partial charge in [0.05, 0.1) is 11.2 Å². The van der Waals surface area contributed by atoms with E-state index in [1.807, 2.05) is 12.1 Å². The normalized spacial score (nSPS) is 14.7. The zero-order chi connectivity index (χ0) is 16.7. The molecule has 0 aliphatic carbocycles. The van der Waals surface area contributed by atoms with E-state index < -0.39 is 5.82 Å². The van der Waals surface area contributed by atoms with Crippen LogP contribution < -0.4 is 16.0 Å². The molecule has 0 saturated carbocycles. The number of hydrogen-bond acceptors (Lipinski definition) is 6. The highest BCUT2D eigenvalue weighted by atomic mass is 35.5. The van der Waals surface area contributed by atoms with Crippen LogP contribution in [0.4, 0.5) is 21.7 Å². The average Bonchev–Trinajstić information content (AvgIpc) is 2.55. The third-order valence-corrected chi connectivity index (χ3v) is 4.12. The van der Waals surface area contributed by atoms with Crippen molar-refractivity contribution in [3.05, 3.63) is 47.5 Å². The highest BCUT2D eigenvalue weighted by Crippen LogP contribution is 2.28. The number of anilines is 3. The molecule has 1 aliphatic heterocycles. The molecule has 1 aromatic carbocycles. The van der Waals surface area contributed by atoms with Crippen LogP contribution in [0, 0.1) is 5.82 Å². The van der Waals surface area contributed by atoms with E-state index >= 15 is 0 Å². The Kier molecular flexibility index (Phi) is 3.66. The smallest absolute Gasteiger partial charge is 0.160 e. The van der Waals surface area contributed by atoms with Crippen molar-refractivity contribution in [2.45, 2.75) is 6.04 Å². The Morgan fingerprint density at radius 3 is 2.83 bits per heavy atom. The maximum Gasteiger partial charge on any atom is 0.160 e. The zero-order valence-corrected chi connectivity index (χ0v) is 13.3. The summed E-state index contributed by atoms with van der Waals surface area (Å²) in [7, 11) is 0. The van der Waals surface area contributed by atoms with Gasteiger partial charge >= 0.3 is 0 Å². The molecule has 6 nitrogen and oxygen atoms in total. The van der Waals surface area contributed by atoms with Crippen LogP contribution >= 0.6 is 11.6 Å². The first-order valence-corrected chi connectivity index (χ1v) is 7.82. The number of fused-ring (bicyclic) bond motifs is 1. The lowest BCUT2D eigenvalue weighted by molar-refractivity contribution is 0.515. The number of nitrogens with two attached hydrogens (primary N) is 1. The van der Waals surface area contributed by atoms with Crippen LogP contribution in [0.15, 0.2) is 36.7 Å². The highest BCUT2D eigenvalue weighted by molar-refractivity contribution is 6.30. The van der Waals surface area contributed by atoms with Crippen LogP contribution in [0.3, 0.4) is 0 Å². The van der Waals surface area contributed by atoms with Crippen molar-refractivity contribution in [2.24, 2.45) is 5.73 Å². The number of aromatic nitrogens is 3. The monoisotopic (exact) mass is 344 g/mol. The van der Waals surface area contributed by atoms with Gasteiger partial charge in [0, 0.05) is 24.2 Å². The van der Waals surface area contributed by atoms with Crippen molar-refractivity contribution in [1.82, 2.24) is 15.0 Å². The molecule has 8 heteroatoms. The molecule has 1 fully saturated rings. The maximum atomic E-state index is 14.0. The number of benzene rings is 1. The minimum atomic E-state index is -0.420. The third-order valence-electron chi connectivity index (χ3n) is 3.88. The van der Waals surface area contributed by atoms with Gasteiger partial charge in [0.1, 0.15) is 23.5 Å². The van der Waals surface area contributed by atoms with E-state index in [2.05, 4.69) is 25.2 Å². The molecule has 0 spiro atoms. The first-order valence-electron chi connectivity index (χ1n) is 7.44. The first-order chi connectivity index (χ1) is 11.6. The molecule has 3 N–H and O–H groups in total. The van der Waals surface area contributed by atoms with Crippen molar-refractivity contribution in [1.29, 1.82) is 0 Å². The van der Waals surface area contributed by atoms with Crippen molar-refractivity contribution < 1.29 is 4.39 Å². The third kappa shape index (κ3) is 2.72. The van der Waals surface area contributed by atoms with Crippen LogP contribution in [-0.2, 0) is 0 Å². The van der Waals surface area contributed by atoms with Gasteiger partial charge in [-0.1, -0.05) is 11.6 Å². The molecule has 0 bridgehead atoms. The number of hydrogen-bond donors (Lipinski definition) is 2. The van der Waals surface area contributed by atoms with Gasteiger partial charge in [-0.2, -0.15) is 0 Å². The van der Waals surface area contributed by atoms with E-state index in [1.54, 1.807) is 0 Å². The standard InChI is InChI=1S/C16H14ClFN6/c17-9-1-2-11(18)13(5-9)22-16-15-12(20-8-21-16)3-4-14(23-15)24-6-10(19)7-24/h1-5,8,10H,6-7,19H2,(H,20,21,22). The Bertz CT molecular complexity index is 912. The molecule has 0 radical (unpaired) electrons. The number of nitrogens with zero attached hydrogens (tertiary/aromatic N) is 4. The Labute approximate surface area is 142 Å². The summed E-state index contributed by atoms with van der Waals surface area (Å²) in [6, 6.07) is 8.22. The summed E-state index contributed by atoms with van der Waals surface area (Å²) >= 11 is 5.93. The van der Waals surface area contributed by atoms with E-state index in [0.717, 1.165) is 18.9 Å². The van der Waals surface area contributed by atoms with Gasteiger partial charge in [0.25, 0.3) is 0 Å². The molecular weight excluding hydrogens is 331 g/mol. The second kappa shape index (κ2) is 5.85. The van der Waals surface area contributed by atoms with Crippen LogP contribution in [0.2, 0.25) is 5.02 Å². The summed E-state index contributed by atoms with van der Waals surface area (Å²) in [4.78, 5) is 15.1. The predicted molar refractivity (Wildman–Crippen MR) is 92.2 cm³/mol. The molecule has 0 amide bonds. The minimum Gasteiger partial charge on any atom is -0.353 e. The quantitative estimate of drug-likeness (QED) is 0.760. The molecular formula is C16H14ClFN6. The highest BCUT2D eigenvalue weighted by Gasteiger charge is 2.24. The summed E-state index contributed by atoms with van der Waals surface area (Å²) in [6.45, 7) is 1.52. The molecule has 0 unspecified atom stereocenters. The lowest BCUT2D eigenvalue weighted by atomic mass is 10.1. The second-order valence-electron chi connectivity index (χ2n) is 5.67. The lowest BCUT2D eigenvalue weighted by Crippen LogP contribution is -2.56. The van der Waals surface area contributed by atoms with Gasteiger partial charge in [-0.3, -0.25) is 0 Å². The summed E-state index contributed by atoms with van der Waals surface area (Å²) in [5, 5.41) is 3.38. The van der Waals surface area contributed by atoms with Crippen LogP contribution in [0.25, 0.3) is 11.0 Å². The number of nitrogens with one attached hydrogen (secondary N) is 1. The number of pyridine rings is 1. The fourth-order valence-corrected chi connectivity index (χ4v) is 2.79. The van der Waals surface area contributed by atoms with Gasteiger partial charge in [-0.05, 0) is 30.3 Å². The van der Waals surface area contributed by atoms with E-state index in [0.29, 0.717) is 21.9 Å². The van der Waals surface area contributed by atoms with Crippen LogP contribution in [0.1, 0.15) is 0 Å². The number of rotatable bonds is 3. The topological polar surface area (TPSA) is 80.0 Å². The molecule has 24 heavy (non-hydrogen) atoms. The van der Waals surface area contributed by atoms with Crippen molar-refractivity contribution in [3.8, 4) is 0 Å². The van der Waals surface area contributed by atoms with Gasteiger partial charge in [0.2, 0.25) is 0 Å². The van der Waals surface area contributed by atoms with Crippen molar-refractivity contribution in [3.63, 3.8) is 0 Å². The Morgan fingerprint density at radius 1 is 1.21 bits per heavy atom. The lowest BCUT2D eigenvalue weighted by Gasteiger charge is -2.37. The van der Waals surface area contributed by atoms with Gasteiger partial charge in [-0.15, -0.1) is 0 Å². The minimum absolute atomic E-state index is 0.174. The molecule has 1 saturated heterocycles. The van der Waals surface area contributed by atoms with Crippen LogP contribution in [-0.4, -0.2) is 34.1 Å². The van der Waals surface area contributed by atoms with E-state index in [9.17, 15) is 4.39 Å². The Morgan fingerprint density at radius 2 is 2.04 bits per heavy atom. The van der Waals surface area contributed by atoms with E-state index in [-0.39, 0.29) is 11.7 Å². The summed E-state index contributed by atoms with van der Waals surface area (Å²) in [6.07, 6.45) is 1.41. The Hall–Kier alpha value is -2.51. The van der Waals surface area contributed by atoms with Gasteiger partial charge in [0.15, 0.2) is 5.82 Å². The molecule has 1 aliphatic rings. The van der Waals surface area contributed by atoms with Gasteiger partial charge in [-0.25, -0.2) is 19.3 Å². The van der Waals surface area contributed by atoms with Crippen molar-refractivity contribution in [2.75, 3.05) is 23.3 Å². The van der Waals surface area contributed by atoms with Crippen molar-refractivity contribution >= 4 is 40.0 Å². The summed E-state index contributed by atoms with van der Waals surface area (Å²) in [5.74, 6) is 0.803. The Balaban J connectivity index is 1.74. The molecule has 122 valence electrons. The molecule has 3 aromatic rings. The molecule has 0 atom stereocenters. The maximum absolute atomic E-state index is 14.0. The molecule has 2 aromatic heterocycles. The van der Waals surface area contributed by atoms with Gasteiger partial charge < -0.3 is 16.0 Å². The first kappa shape index (κ1) is 15.0. The zero-order valence-electron chi connectivity index (χ0n) is 12.6. The summed E-state index contributed by atoms with van der Waals surface area (Å²) in [5.41, 5.74) is 7.29. The fraction of sp³-hybridized carbons (Fsp3) is 0.188. The SMILES string of the molecule is NC1CN(c2ccc3ncnc(Nc4cc(Cl)ccc4F)c3n2)C1. The van der Waals surface area contributed by atoms with E-state index in [1.165, 1.54) is 24.5 Å². The predicted octanol–water partition coefficient (Wildman–Crippen LogP) is 2.71. The molecule has 4 rings (SSSR count). The fourth-order valence-electron chi connectivity index (χ4n) is 2.62.